The first-order valence-corrected chi connectivity index (χ1v) is 4.43. The zero-order valence-corrected chi connectivity index (χ0v) is 8.25. The van der Waals surface area contributed by atoms with Crippen molar-refractivity contribution in [1.82, 2.24) is 0 Å². The Morgan fingerprint density at radius 1 is 1.31 bits per heavy atom. The van der Waals surface area contributed by atoms with Crippen molar-refractivity contribution in [3.63, 3.8) is 0 Å². The van der Waals surface area contributed by atoms with Crippen molar-refractivity contribution in [2.45, 2.75) is 12.5 Å². The maximum atomic E-state index is 10.6. The van der Waals surface area contributed by atoms with E-state index in [-0.39, 0.29) is 17.7 Å². The summed E-state index contributed by atoms with van der Waals surface area (Å²) >= 11 is 0. The molecule has 0 spiro atoms. The lowest BCUT2D eigenvalue weighted by molar-refractivity contribution is -0.139. The highest BCUT2D eigenvalue weighted by molar-refractivity contribution is 5.76. The molecule has 0 fully saturated rings. The van der Waals surface area contributed by atoms with Gasteiger partial charge >= 0.3 is 11.9 Å². The number of benzene rings is 1. The molecule has 0 aliphatic heterocycles. The van der Waals surface area contributed by atoms with E-state index in [4.69, 9.17) is 15.9 Å². The van der Waals surface area contributed by atoms with Crippen molar-refractivity contribution < 1.29 is 24.9 Å². The Kier molecular flexibility index (Phi) is 3.47. The molecule has 0 saturated heterocycles. The predicted octanol–water partition coefficient (Wildman–Crippen LogP) is 0.104. The van der Waals surface area contributed by atoms with Gasteiger partial charge in [-0.1, -0.05) is 12.1 Å². The molecule has 0 aliphatic rings. The molecule has 0 bridgehead atoms. The molecule has 0 saturated carbocycles. The number of carbonyl (C=O) groups is 2. The van der Waals surface area contributed by atoms with Crippen molar-refractivity contribution in [1.29, 1.82) is 0 Å². The van der Waals surface area contributed by atoms with Crippen LogP contribution in [0, 0.1) is 0 Å². The average Bonchev–Trinajstić information content (AvgIpc) is 2.15. The highest BCUT2D eigenvalue weighted by Gasteiger charge is 2.18. The molecule has 1 rings (SSSR count). The fourth-order valence-electron chi connectivity index (χ4n) is 1.27. The molecule has 1 aromatic carbocycles. The van der Waals surface area contributed by atoms with Gasteiger partial charge < -0.3 is 21.1 Å². The van der Waals surface area contributed by atoms with Crippen LogP contribution in [0.25, 0.3) is 0 Å². The second-order valence-electron chi connectivity index (χ2n) is 3.28. The van der Waals surface area contributed by atoms with Crippen LogP contribution in [0.4, 0.5) is 0 Å². The number of phenols is 1. The quantitative estimate of drug-likeness (QED) is 0.576. The number of nitrogens with two attached hydrogens (primary N) is 1. The third-order valence-corrected chi connectivity index (χ3v) is 2.05. The SMILES string of the molecule is N[C@H](C(=O)O)c1ccc(CC(=O)O)cc1O. The monoisotopic (exact) mass is 225 g/mol. The minimum absolute atomic E-state index is 0.0571. The minimum Gasteiger partial charge on any atom is -0.508 e. The Labute approximate surface area is 90.9 Å². The van der Waals surface area contributed by atoms with Gasteiger partial charge in [0.25, 0.3) is 0 Å². The minimum atomic E-state index is -1.32. The number of hydrogen-bond donors (Lipinski definition) is 4. The summed E-state index contributed by atoms with van der Waals surface area (Å²) in [4.78, 5) is 21.0. The second-order valence-corrected chi connectivity index (χ2v) is 3.28. The van der Waals surface area contributed by atoms with Gasteiger partial charge in [0, 0.05) is 5.56 Å². The number of carboxylic acid groups (broad SMARTS) is 2. The van der Waals surface area contributed by atoms with Crippen LogP contribution in [0.3, 0.4) is 0 Å². The Morgan fingerprint density at radius 2 is 1.94 bits per heavy atom. The first kappa shape index (κ1) is 12.0. The van der Waals surface area contributed by atoms with E-state index in [0.29, 0.717) is 5.56 Å². The van der Waals surface area contributed by atoms with E-state index in [1.807, 2.05) is 0 Å². The number of hydrogen-bond acceptors (Lipinski definition) is 4. The van der Waals surface area contributed by atoms with Crippen LogP contribution < -0.4 is 5.73 Å². The van der Waals surface area contributed by atoms with Gasteiger partial charge in [0.05, 0.1) is 6.42 Å². The van der Waals surface area contributed by atoms with Gasteiger partial charge in [0.15, 0.2) is 0 Å². The average molecular weight is 225 g/mol. The van der Waals surface area contributed by atoms with Crippen LogP contribution in [0.2, 0.25) is 0 Å². The van der Waals surface area contributed by atoms with E-state index in [1.54, 1.807) is 0 Å². The van der Waals surface area contributed by atoms with E-state index in [0.717, 1.165) is 0 Å². The van der Waals surface area contributed by atoms with Crippen LogP contribution in [-0.4, -0.2) is 27.3 Å². The van der Waals surface area contributed by atoms with Crippen molar-refractivity contribution >= 4 is 11.9 Å². The Balaban J connectivity index is 3.00. The molecule has 16 heavy (non-hydrogen) atoms. The smallest absolute Gasteiger partial charge is 0.325 e. The van der Waals surface area contributed by atoms with Gasteiger partial charge in [-0.25, -0.2) is 0 Å². The number of aliphatic carboxylic acids is 2. The van der Waals surface area contributed by atoms with Gasteiger partial charge in [-0.15, -0.1) is 0 Å². The van der Waals surface area contributed by atoms with Crippen LogP contribution in [-0.2, 0) is 16.0 Å². The van der Waals surface area contributed by atoms with Crippen molar-refractivity contribution in [2.24, 2.45) is 5.73 Å². The summed E-state index contributed by atoms with van der Waals surface area (Å²) in [5.41, 5.74) is 5.75. The van der Waals surface area contributed by atoms with Gasteiger partial charge in [0.1, 0.15) is 11.8 Å². The zero-order chi connectivity index (χ0) is 12.3. The van der Waals surface area contributed by atoms with Crippen LogP contribution in [0.1, 0.15) is 17.2 Å². The Bertz CT molecular complexity index is 429. The molecule has 5 N–H and O–H groups in total. The highest BCUT2D eigenvalue weighted by Crippen LogP contribution is 2.24. The summed E-state index contributed by atoms with van der Waals surface area (Å²) in [5.74, 6) is -2.61. The molecule has 1 atom stereocenters. The lowest BCUT2D eigenvalue weighted by Crippen LogP contribution is -2.20. The molecule has 0 aromatic heterocycles. The van der Waals surface area contributed by atoms with Crippen molar-refractivity contribution in [2.75, 3.05) is 0 Å². The topological polar surface area (TPSA) is 121 Å². The standard InChI is InChI=1S/C10H11NO5/c11-9(10(15)16)6-2-1-5(3-7(6)12)4-8(13)14/h1-3,9,12H,4,11H2,(H,13,14)(H,15,16)/t9-/m0/s1. The molecule has 0 heterocycles. The van der Waals surface area contributed by atoms with Gasteiger partial charge in [-0.2, -0.15) is 0 Å². The summed E-state index contributed by atoms with van der Waals surface area (Å²) < 4.78 is 0. The Hall–Kier alpha value is -2.08. The zero-order valence-electron chi connectivity index (χ0n) is 8.25. The fraction of sp³-hybridized carbons (Fsp3) is 0.200. The molecule has 0 radical (unpaired) electrons. The van der Waals surface area contributed by atoms with E-state index in [9.17, 15) is 14.7 Å². The molecule has 1 aromatic rings. The lowest BCUT2D eigenvalue weighted by atomic mass is 10.0. The van der Waals surface area contributed by atoms with E-state index < -0.39 is 18.0 Å². The number of carboxylic acids is 2. The Morgan fingerprint density at radius 3 is 2.38 bits per heavy atom. The van der Waals surface area contributed by atoms with Gasteiger partial charge in [-0.05, 0) is 11.6 Å². The van der Waals surface area contributed by atoms with Gasteiger partial charge in [-0.3, -0.25) is 9.59 Å². The molecule has 0 amide bonds. The summed E-state index contributed by atoms with van der Waals surface area (Å²) in [5, 5.41) is 26.7. The van der Waals surface area contributed by atoms with E-state index in [1.165, 1.54) is 18.2 Å². The maximum Gasteiger partial charge on any atom is 0.325 e. The van der Waals surface area contributed by atoms with Crippen LogP contribution >= 0.6 is 0 Å². The third kappa shape index (κ3) is 2.71. The summed E-state index contributed by atoms with van der Waals surface area (Å²) in [6.45, 7) is 0. The summed E-state index contributed by atoms with van der Waals surface area (Å²) in [6.07, 6.45) is -0.240. The molecular weight excluding hydrogens is 214 g/mol. The van der Waals surface area contributed by atoms with Crippen molar-refractivity contribution in [3.05, 3.63) is 29.3 Å². The molecular formula is C10H11NO5. The lowest BCUT2D eigenvalue weighted by Gasteiger charge is -2.09. The van der Waals surface area contributed by atoms with Crippen LogP contribution in [0.15, 0.2) is 18.2 Å². The first-order chi connectivity index (χ1) is 7.41. The molecule has 86 valence electrons. The number of rotatable bonds is 4. The predicted molar refractivity (Wildman–Crippen MR) is 54.0 cm³/mol. The maximum absolute atomic E-state index is 10.6. The highest BCUT2D eigenvalue weighted by atomic mass is 16.4. The molecule has 6 heteroatoms. The largest absolute Gasteiger partial charge is 0.508 e. The molecule has 6 nitrogen and oxygen atoms in total. The molecule has 0 aliphatic carbocycles. The summed E-state index contributed by atoms with van der Waals surface area (Å²) in [7, 11) is 0. The second kappa shape index (κ2) is 4.63. The first-order valence-electron chi connectivity index (χ1n) is 4.43. The van der Waals surface area contributed by atoms with E-state index >= 15 is 0 Å². The fourth-order valence-corrected chi connectivity index (χ4v) is 1.27. The van der Waals surface area contributed by atoms with Gasteiger partial charge in [0.2, 0.25) is 0 Å². The van der Waals surface area contributed by atoms with E-state index in [2.05, 4.69) is 0 Å². The normalized spacial score (nSPS) is 12.1. The molecule has 0 unspecified atom stereocenters. The van der Waals surface area contributed by atoms with Crippen LogP contribution in [0.5, 0.6) is 5.75 Å². The number of aromatic hydroxyl groups is 1. The summed E-state index contributed by atoms with van der Waals surface area (Å²) in [6, 6.07) is 2.61. The number of phenolic OH excluding ortho intramolecular Hbond substituents is 1. The third-order valence-electron chi connectivity index (χ3n) is 2.05. The van der Waals surface area contributed by atoms with Crippen molar-refractivity contribution in [3.8, 4) is 5.75 Å².